The van der Waals surface area contributed by atoms with Crippen molar-refractivity contribution in [1.29, 1.82) is 0 Å². The van der Waals surface area contributed by atoms with Crippen LogP contribution in [0.25, 0.3) is 0 Å². The Hall–Kier alpha value is -1.05. The van der Waals surface area contributed by atoms with E-state index in [1.54, 1.807) is 0 Å². The van der Waals surface area contributed by atoms with Gasteiger partial charge in [0.1, 0.15) is 0 Å². The first-order chi connectivity index (χ1) is 8.95. The van der Waals surface area contributed by atoms with E-state index in [4.69, 9.17) is 0 Å². The van der Waals surface area contributed by atoms with Gasteiger partial charge in [0.05, 0.1) is 0 Å². The van der Waals surface area contributed by atoms with Gasteiger partial charge in [-0.1, -0.05) is 48.5 Å². The van der Waals surface area contributed by atoms with E-state index in [0.29, 0.717) is 0 Å². The van der Waals surface area contributed by atoms with Crippen molar-refractivity contribution >= 4 is 7.25 Å². The van der Waals surface area contributed by atoms with Gasteiger partial charge in [0, 0.05) is 0 Å². The Bertz CT molecular complexity index is 414. The van der Waals surface area contributed by atoms with Crippen LogP contribution in [0, 0.1) is 3.57 Å². The van der Waals surface area contributed by atoms with E-state index in [0.717, 1.165) is 0 Å². The molecular weight excluding hydrogens is 370 g/mol. The van der Waals surface area contributed by atoms with E-state index in [-0.39, 0.29) is 21.2 Å². The summed E-state index contributed by atoms with van der Waals surface area (Å²) in [5.74, 6) is 0. The summed E-state index contributed by atoms with van der Waals surface area (Å²) in [7, 11) is -6.00. The van der Waals surface area contributed by atoms with Gasteiger partial charge in [-0.25, -0.2) is 0 Å². The second kappa shape index (κ2) is 8.19. The zero-order valence-corrected chi connectivity index (χ0v) is 12.1. The first kappa shape index (κ1) is 16.0. The van der Waals surface area contributed by atoms with Gasteiger partial charge in [-0.2, -0.15) is 0 Å². The Morgan fingerprint density at radius 2 is 1.16 bits per heavy atom. The largest absolute Gasteiger partial charge is 0.673 e. The van der Waals surface area contributed by atoms with Gasteiger partial charge in [-0.05, 0) is 17.7 Å². The summed E-state index contributed by atoms with van der Waals surface area (Å²) in [6, 6.07) is 21.5. The van der Waals surface area contributed by atoms with Crippen LogP contribution >= 0.6 is 0 Å². The minimum atomic E-state index is -6.00. The zero-order chi connectivity index (χ0) is 14.1. The molecule has 0 atom stereocenters. The highest BCUT2D eigenvalue weighted by Crippen LogP contribution is 2.06. The normalized spacial score (nSPS) is 10.5. The number of rotatable bonds is 3. The van der Waals surface area contributed by atoms with Crippen molar-refractivity contribution in [2.45, 2.75) is 4.43 Å². The maximum atomic E-state index is 9.75. The van der Waals surface area contributed by atoms with Gasteiger partial charge in [0.2, 0.25) is 0 Å². The first-order valence-corrected chi connectivity index (χ1v) is 8.11. The van der Waals surface area contributed by atoms with E-state index >= 15 is 0 Å². The fraction of sp³-hybridized carbons (Fsp3) is 0.0769. The van der Waals surface area contributed by atoms with Crippen molar-refractivity contribution in [3.8, 4) is 0 Å². The van der Waals surface area contributed by atoms with Crippen LogP contribution in [0.15, 0.2) is 60.7 Å². The Morgan fingerprint density at radius 3 is 1.63 bits per heavy atom. The summed E-state index contributed by atoms with van der Waals surface area (Å²) >= 11 is 0.148. The van der Waals surface area contributed by atoms with Crippen molar-refractivity contribution in [1.82, 2.24) is 0 Å². The Labute approximate surface area is 120 Å². The quantitative estimate of drug-likeness (QED) is 0.327. The molecule has 0 bridgehead atoms. The van der Waals surface area contributed by atoms with Crippen molar-refractivity contribution in [3.05, 3.63) is 69.8 Å². The summed E-state index contributed by atoms with van der Waals surface area (Å²) in [5, 5.41) is 0. The third-order valence-electron chi connectivity index (χ3n) is 1.95. The first-order valence-electron chi connectivity index (χ1n) is 5.50. The van der Waals surface area contributed by atoms with Gasteiger partial charge < -0.3 is 17.3 Å². The highest BCUT2D eigenvalue weighted by atomic mass is 127. The van der Waals surface area contributed by atoms with Gasteiger partial charge >= 0.3 is 28.5 Å². The van der Waals surface area contributed by atoms with Gasteiger partial charge in [0.25, 0.3) is 0 Å². The molecule has 0 fully saturated rings. The Balaban J connectivity index is 0.000000312. The molecule has 6 heteroatoms. The van der Waals surface area contributed by atoms with Gasteiger partial charge in [0.15, 0.2) is 8.00 Å². The molecule has 0 aliphatic heterocycles. The number of halogens is 5. The van der Waals surface area contributed by atoms with Crippen LogP contribution in [0.2, 0.25) is 0 Å². The molecule has 0 saturated heterocycles. The lowest BCUT2D eigenvalue weighted by atomic mass is 10.2. The standard InChI is InChI=1S/C13H12I.BF4/c1-3-7-12(8-4-1)11-14-13-9-5-2-6-10-13;2-1(3,4)5/h1-10H,11H2;/q+1;-1. The van der Waals surface area contributed by atoms with Crippen molar-refractivity contribution in [2.75, 3.05) is 0 Å². The molecule has 0 aliphatic carbocycles. The second-order valence-electron chi connectivity index (χ2n) is 3.54. The second-order valence-corrected chi connectivity index (χ2v) is 6.31. The summed E-state index contributed by atoms with van der Waals surface area (Å²) in [5.41, 5.74) is 1.46. The molecule has 0 radical (unpaired) electrons. The molecular formula is C13H12BF4I. The van der Waals surface area contributed by atoms with Gasteiger partial charge in [-0.15, -0.1) is 0 Å². The fourth-order valence-corrected chi connectivity index (χ4v) is 3.54. The molecule has 0 amide bonds. The minimum absolute atomic E-state index is 0.148. The Kier molecular flexibility index (Phi) is 6.90. The molecule has 19 heavy (non-hydrogen) atoms. The molecule has 2 aromatic carbocycles. The maximum Gasteiger partial charge on any atom is 0.673 e. The van der Waals surface area contributed by atoms with Gasteiger partial charge in [-0.3, -0.25) is 0 Å². The van der Waals surface area contributed by atoms with Crippen LogP contribution in [-0.2, 0) is 4.43 Å². The lowest BCUT2D eigenvalue weighted by molar-refractivity contribution is -0.643. The number of alkyl halides is 1. The smallest absolute Gasteiger partial charge is 0.418 e. The zero-order valence-electron chi connectivity index (χ0n) is 9.95. The van der Waals surface area contributed by atoms with E-state index < -0.39 is 7.25 Å². The van der Waals surface area contributed by atoms with Crippen LogP contribution in [0.5, 0.6) is 0 Å². The number of hydrogen-bond donors (Lipinski definition) is 0. The molecule has 0 heterocycles. The van der Waals surface area contributed by atoms with E-state index in [9.17, 15) is 17.3 Å². The molecule has 0 aliphatic rings. The molecule has 0 nitrogen and oxygen atoms in total. The fourth-order valence-electron chi connectivity index (χ4n) is 1.23. The average molecular weight is 382 g/mol. The van der Waals surface area contributed by atoms with Crippen LogP contribution in [0.4, 0.5) is 17.3 Å². The Morgan fingerprint density at radius 1 is 0.737 bits per heavy atom. The molecule has 102 valence electrons. The molecule has 0 spiro atoms. The third kappa shape index (κ3) is 9.52. The average Bonchev–Trinajstić information content (AvgIpc) is 2.37. The monoisotopic (exact) mass is 382 g/mol. The lowest BCUT2D eigenvalue weighted by Crippen LogP contribution is -3.61. The molecule has 0 aromatic heterocycles. The SMILES string of the molecule is F[B-](F)(F)F.c1ccc(C[I+]c2ccccc2)cc1. The van der Waals surface area contributed by atoms with Crippen LogP contribution in [0.3, 0.4) is 0 Å². The third-order valence-corrected chi connectivity index (χ3v) is 4.81. The van der Waals surface area contributed by atoms with Crippen LogP contribution < -0.4 is 21.2 Å². The lowest BCUT2D eigenvalue weighted by Gasteiger charge is -1.94. The van der Waals surface area contributed by atoms with Crippen LogP contribution in [0.1, 0.15) is 5.56 Å². The molecule has 2 aromatic rings. The summed E-state index contributed by atoms with van der Waals surface area (Å²) in [6.07, 6.45) is 0. The summed E-state index contributed by atoms with van der Waals surface area (Å²) < 4.78 is 41.8. The molecule has 2 rings (SSSR count). The van der Waals surface area contributed by atoms with Crippen molar-refractivity contribution in [3.63, 3.8) is 0 Å². The van der Waals surface area contributed by atoms with Crippen molar-refractivity contribution in [2.24, 2.45) is 0 Å². The van der Waals surface area contributed by atoms with Crippen LogP contribution in [-0.4, -0.2) is 7.25 Å². The molecule has 0 saturated carbocycles. The number of benzene rings is 2. The minimum Gasteiger partial charge on any atom is -0.418 e. The molecule has 0 unspecified atom stereocenters. The van der Waals surface area contributed by atoms with E-state index in [1.165, 1.54) is 13.6 Å². The van der Waals surface area contributed by atoms with Crippen molar-refractivity contribution < 1.29 is 38.5 Å². The van der Waals surface area contributed by atoms with E-state index in [2.05, 4.69) is 60.7 Å². The highest BCUT2D eigenvalue weighted by Gasteiger charge is 2.20. The topological polar surface area (TPSA) is 0 Å². The summed E-state index contributed by atoms with van der Waals surface area (Å²) in [6.45, 7) is 0. The predicted octanol–water partition coefficient (Wildman–Crippen LogP) is 1.45. The maximum absolute atomic E-state index is 9.75. The number of hydrogen-bond acceptors (Lipinski definition) is 0. The highest BCUT2D eigenvalue weighted by molar-refractivity contribution is 6.50. The van der Waals surface area contributed by atoms with E-state index in [1.807, 2.05) is 0 Å². The molecule has 0 N–H and O–H groups in total. The predicted molar refractivity (Wildman–Crippen MR) is 65.5 cm³/mol. The summed E-state index contributed by atoms with van der Waals surface area (Å²) in [4.78, 5) is 0.